The van der Waals surface area contributed by atoms with Gasteiger partial charge < -0.3 is 10.4 Å². The molecule has 100 valence electrons. The highest BCUT2D eigenvalue weighted by Gasteiger charge is 2.29. The Balaban J connectivity index is 1.98. The van der Waals surface area contributed by atoms with E-state index in [0.29, 0.717) is 6.04 Å². The molecule has 0 radical (unpaired) electrons. The molecule has 1 aromatic carbocycles. The van der Waals surface area contributed by atoms with Crippen molar-refractivity contribution in [1.82, 2.24) is 15.5 Å². The monoisotopic (exact) mass is 257 g/mol. The number of hydrogen-bond acceptors (Lipinski definition) is 3. The summed E-state index contributed by atoms with van der Waals surface area (Å²) in [7, 11) is 0. The van der Waals surface area contributed by atoms with Gasteiger partial charge in [0, 0.05) is 23.7 Å². The van der Waals surface area contributed by atoms with Gasteiger partial charge >= 0.3 is 0 Å². The molecule has 0 spiro atoms. The van der Waals surface area contributed by atoms with Crippen LogP contribution >= 0.6 is 0 Å². The lowest BCUT2D eigenvalue weighted by Crippen LogP contribution is -2.39. The van der Waals surface area contributed by atoms with Crippen molar-refractivity contribution in [2.75, 3.05) is 6.54 Å². The summed E-state index contributed by atoms with van der Waals surface area (Å²) < 4.78 is 0. The fourth-order valence-corrected chi connectivity index (χ4v) is 2.97. The van der Waals surface area contributed by atoms with Crippen molar-refractivity contribution in [3.05, 3.63) is 47.7 Å². The Morgan fingerprint density at radius 1 is 1.21 bits per heavy atom. The van der Waals surface area contributed by atoms with E-state index < -0.39 is 0 Å². The van der Waals surface area contributed by atoms with Gasteiger partial charge in [0.2, 0.25) is 5.88 Å². The number of aromatic hydroxyl groups is 1. The molecule has 4 nitrogen and oxygen atoms in total. The van der Waals surface area contributed by atoms with E-state index in [2.05, 4.69) is 27.6 Å². The quantitative estimate of drug-likeness (QED) is 0.791. The second-order valence-electron chi connectivity index (χ2n) is 5.11. The van der Waals surface area contributed by atoms with E-state index in [0.717, 1.165) is 18.5 Å². The number of aromatic amines is 1. The molecule has 1 aliphatic rings. The molecular weight excluding hydrogens is 238 g/mol. The molecule has 2 atom stereocenters. The first-order valence-corrected chi connectivity index (χ1v) is 6.87. The Labute approximate surface area is 112 Å². The maximum atomic E-state index is 9.94. The maximum Gasteiger partial charge on any atom is 0.233 e. The Morgan fingerprint density at radius 2 is 2.05 bits per heavy atom. The van der Waals surface area contributed by atoms with Gasteiger partial charge in [-0.05, 0) is 24.9 Å². The van der Waals surface area contributed by atoms with Crippen LogP contribution in [-0.2, 0) is 0 Å². The Hall–Kier alpha value is -1.81. The Kier molecular flexibility index (Phi) is 3.51. The number of nitrogens with one attached hydrogen (secondary N) is 2. The van der Waals surface area contributed by atoms with Gasteiger partial charge in [0.15, 0.2) is 0 Å². The first kappa shape index (κ1) is 12.2. The minimum absolute atomic E-state index is 0.112. The van der Waals surface area contributed by atoms with E-state index in [1.807, 2.05) is 24.4 Å². The van der Waals surface area contributed by atoms with E-state index in [9.17, 15) is 5.11 Å². The number of rotatable bonds is 3. The van der Waals surface area contributed by atoms with Crippen molar-refractivity contribution in [3.63, 3.8) is 0 Å². The number of H-pyrrole nitrogens is 1. The molecule has 3 rings (SSSR count). The van der Waals surface area contributed by atoms with Crippen molar-refractivity contribution >= 4 is 0 Å². The van der Waals surface area contributed by atoms with Gasteiger partial charge in [-0.2, -0.15) is 0 Å². The zero-order chi connectivity index (χ0) is 13.1. The normalized spacial score (nSPS) is 21.2. The third-order valence-electron chi connectivity index (χ3n) is 3.89. The first-order valence-electron chi connectivity index (χ1n) is 6.87. The SMILES string of the molecule is Oc1n[nH]cc1C(c1ccccc1)C1CCCCN1. The summed E-state index contributed by atoms with van der Waals surface area (Å²) in [5, 5.41) is 20.1. The van der Waals surface area contributed by atoms with Crippen LogP contribution in [0.2, 0.25) is 0 Å². The van der Waals surface area contributed by atoms with Crippen molar-refractivity contribution in [1.29, 1.82) is 0 Å². The topological polar surface area (TPSA) is 60.9 Å². The summed E-state index contributed by atoms with van der Waals surface area (Å²) in [5.41, 5.74) is 2.10. The molecule has 0 amide bonds. The molecule has 0 aliphatic carbocycles. The highest BCUT2D eigenvalue weighted by Crippen LogP contribution is 2.35. The second-order valence-corrected chi connectivity index (χ2v) is 5.11. The molecule has 1 aromatic heterocycles. The molecular formula is C15H19N3O. The van der Waals surface area contributed by atoms with E-state index in [1.165, 1.54) is 18.4 Å². The third-order valence-corrected chi connectivity index (χ3v) is 3.89. The van der Waals surface area contributed by atoms with Crippen LogP contribution in [0.25, 0.3) is 0 Å². The van der Waals surface area contributed by atoms with Crippen LogP contribution in [0.5, 0.6) is 5.88 Å². The Morgan fingerprint density at radius 3 is 2.68 bits per heavy atom. The van der Waals surface area contributed by atoms with Crippen LogP contribution in [0, 0.1) is 0 Å². The number of aromatic nitrogens is 2. The van der Waals surface area contributed by atoms with Gasteiger partial charge in [-0.1, -0.05) is 36.8 Å². The van der Waals surface area contributed by atoms with Crippen molar-refractivity contribution in [2.45, 2.75) is 31.2 Å². The molecule has 2 aromatic rings. The molecule has 2 unspecified atom stereocenters. The molecule has 0 saturated carbocycles. The maximum absolute atomic E-state index is 9.94. The minimum atomic E-state index is 0.112. The number of nitrogens with zero attached hydrogens (tertiary/aromatic N) is 1. The fourth-order valence-electron chi connectivity index (χ4n) is 2.97. The van der Waals surface area contributed by atoms with Gasteiger partial charge in [0.05, 0.1) is 0 Å². The van der Waals surface area contributed by atoms with E-state index >= 15 is 0 Å². The van der Waals surface area contributed by atoms with Crippen LogP contribution in [0.1, 0.15) is 36.3 Å². The molecule has 1 aliphatic heterocycles. The van der Waals surface area contributed by atoms with Gasteiger partial charge in [-0.3, -0.25) is 5.10 Å². The van der Waals surface area contributed by atoms with Gasteiger partial charge in [0.25, 0.3) is 0 Å². The Bertz CT molecular complexity index is 517. The predicted molar refractivity (Wildman–Crippen MR) is 74.2 cm³/mol. The summed E-state index contributed by atoms with van der Waals surface area (Å²) in [6.45, 7) is 1.05. The lowest BCUT2D eigenvalue weighted by molar-refractivity contribution is 0.363. The molecule has 19 heavy (non-hydrogen) atoms. The van der Waals surface area contributed by atoms with Gasteiger partial charge in [0.1, 0.15) is 0 Å². The molecule has 4 heteroatoms. The lowest BCUT2D eigenvalue weighted by Gasteiger charge is -2.31. The molecule has 2 heterocycles. The molecule has 0 bridgehead atoms. The predicted octanol–water partition coefficient (Wildman–Crippen LogP) is 2.39. The van der Waals surface area contributed by atoms with Crippen molar-refractivity contribution < 1.29 is 5.11 Å². The molecule has 3 N–H and O–H groups in total. The number of piperidine rings is 1. The second kappa shape index (κ2) is 5.45. The third kappa shape index (κ3) is 2.49. The van der Waals surface area contributed by atoms with E-state index in [1.54, 1.807) is 0 Å². The van der Waals surface area contributed by atoms with Crippen LogP contribution in [0.4, 0.5) is 0 Å². The summed E-state index contributed by atoms with van der Waals surface area (Å²) in [4.78, 5) is 0. The van der Waals surface area contributed by atoms with Crippen LogP contribution in [0.15, 0.2) is 36.5 Å². The van der Waals surface area contributed by atoms with Gasteiger partial charge in [-0.15, -0.1) is 5.10 Å². The van der Waals surface area contributed by atoms with Crippen molar-refractivity contribution in [3.8, 4) is 5.88 Å². The van der Waals surface area contributed by atoms with Crippen LogP contribution < -0.4 is 5.32 Å². The number of benzene rings is 1. The highest BCUT2D eigenvalue weighted by molar-refractivity contribution is 5.38. The smallest absolute Gasteiger partial charge is 0.233 e. The molecule has 1 saturated heterocycles. The fraction of sp³-hybridized carbons (Fsp3) is 0.400. The highest BCUT2D eigenvalue weighted by atomic mass is 16.3. The average molecular weight is 257 g/mol. The zero-order valence-electron chi connectivity index (χ0n) is 10.8. The lowest BCUT2D eigenvalue weighted by atomic mass is 9.82. The van der Waals surface area contributed by atoms with Crippen LogP contribution in [-0.4, -0.2) is 27.9 Å². The van der Waals surface area contributed by atoms with Gasteiger partial charge in [-0.25, -0.2) is 0 Å². The van der Waals surface area contributed by atoms with E-state index in [4.69, 9.17) is 0 Å². The zero-order valence-corrected chi connectivity index (χ0v) is 10.8. The van der Waals surface area contributed by atoms with E-state index in [-0.39, 0.29) is 11.8 Å². The summed E-state index contributed by atoms with van der Waals surface area (Å²) in [5.74, 6) is 0.265. The summed E-state index contributed by atoms with van der Waals surface area (Å²) in [6.07, 6.45) is 5.41. The summed E-state index contributed by atoms with van der Waals surface area (Å²) >= 11 is 0. The largest absolute Gasteiger partial charge is 0.492 e. The first-order chi connectivity index (χ1) is 9.36. The number of hydrogen-bond donors (Lipinski definition) is 3. The minimum Gasteiger partial charge on any atom is -0.492 e. The summed E-state index contributed by atoms with van der Waals surface area (Å²) in [6, 6.07) is 10.7. The average Bonchev–Trinajstić information content (AvgIpc) is 2.88. The standard InChI is InChI=1S/C15H19N3O/c19-15-12(10-17-18-15)14(11-6-2-1-3-7-11)13-8-4-5-9-16-13/h1-3,6-7,10,13-14,16H,4-5,8-9H2,(H2,17,18,19). The van der Waals surface area contributed by atoms with Crippen LogP contribution in [0.3, 0.4) is 0 Å². The van der Waals surface area contributed by atoms with Crippen molar-refractivity contribution in [2.24, 2.45) is 0 Å². The molecule has 1 fully saturated rings.